The van der Waals surface area contributed by atoms with Crippen LogP contribution in [0.3, 0.4) is 0 Å². The molecule has 0 heterocycles. The minimum atomic E-state index is 0.129. The third-order valence-corrected chi connectivity index (χ3v) is 3.58. The van der Waals surface area contributed by atoms with Crippen molar-refractivity contribution in [3.8, 4) is 11.5 Å². The molecule has 0 bridgehead atoms. The molecule has 26 heavy (non-hydrogen) atoms. The average molecular weight is 445 g/mol. The van der Waals surface area contributed by atoms with Crippen molar-refractivity contribution < 1.29 is 19.0 Å². The summed E-state index contributed by atoms with van der Waals surface area (Å²) >= 11 is 23.4. The van der Waals surface area contributed by atoms with Gasteiger partial charge in [-0.3, -0.25) is 0 Å². The number of halogens is 4. The molecule has 1 aromatic carbocycles. The number of ether oxygens (including phenoxy) is 3. The van der Waals surface area contributed by atoms with Gasteiger partial charge in [0.25, 0.3) is 0 Å². The molecule has 0 aliphatic rings. The maximum Gasteiger partial charge on any atom is 0.156 e. The molecule has 0 saturated heterocycles. The average Bonchev–Trinajstić information content (AvgIpc) is 2.54. The van der Waals surface area contributed by atoms with Crippen LogP contribution in [0.5, 0.6) is 11.5 Å². The Hall–Kier alpha value is -0.850. The molecule has 0 fully saturated rings. The summed E-state index contributed by atoms with van der Waals surface area (Å²) in [5.41, 5.74) is 0.864. The summed E-state index contributed by atoms with van der Waals surface area (Å²) in [5, 5.41) is 4.52. The molecule has 0 amide bonds. The maximum absolute atomic E-state index is 6.18. The van der Waals surface area contributed by atoms with Crippen molar-refractivity contribution in [1.29, 1.82) is 0 Å². The highest BCUT2D eigenvalue weighted by Gasteiger charge is 2.10. The van der Waals surface area contributed by atoms with Crippen LogP contribution in [0, 0.1) is 0 Å². The van der Waals surface area contributed by atoms with Crippen LogP contribution in [0.15, 0.2) is 27.9 Å². The number of hydrogen-bond acceptors (Lipinski definition) is 5. The lowest BCUT2D eigenvalue weighted by Gasteiger charge is -2.12. The molecular weight excluding hydrogens is 424 g/mol. The van der Waals surface area contributed by atoms with E-state index < -0.39 is 0 Å². The van der Waals surface area contributed by atoms with E-state index >= 15 is 0 Å². The second-order valence-electron chi connectivity index (χ2n) is 5.21. The van der Waals surface area contributed by atoms with E-state index in [0.29, 0.717) is 54.4 Å². The van der Waals surface area contributed by atoms with Crippen LogP contribution in [-0.2, 0) is 9.57 Å². The van der Waals surface area contributed by atoms with Crippen LogP contribution in [0.2, 0.25) is 10.0 Å². The largest absolute Gasteiger partial charge is 0.490 e. The van der Waals surface area contributed by atoms with Gasteiger partial charge in [-0.1, -0.05) is 51.6 Å². The van der Waals surface area contributed by atoms with Crippen LogP contribution in [0.25, 0.3) is 0 Å². The molecule has 1 aromatic rings. The molecular formula is C17H21Cl4NO4. The zero-order valence-corrected chi connectivity index (χ0v) is 17.6. The highest BCUT2D eigenvalue weighted by molar-refractivity contribution is 6.55. The van der Waals surface area contributed by atoms with Gasteiger partial charge in [-0.05, 0) is 19.9 Å². The van der Waals surface area contributed by atoms with Gasteiger partial charge in [0, 0.05) is 25.2 Å². The van der Waals surface area contributed by atoms with Gasteiger partial charge in [0.05, 0.1) is 29.0 Å². The monoisotopic (exact) mass is 443 g/mol. The van der Waals surface area contributed by atoms with Crippen LogP contribution in [-0.4, -0.2) is 38.7 Å². The van der Waals surface area contributed by atoms with E-state index in [1.54, 1.807) is 12.1 Å². The van der Waals surface area contributed by atoms with Crippen molar-refractivity contribution >= 4 is 52.1 Å². The van der Waals surface area contributed by atoms with Crippen molar-refractivity contribution in [1.82, 2.24) is 0 Å². The summed E-state index contributed by atoms with van der Waals surface area (Å²) in [4.78, 5) is 5.02. The fraction of sp³-hybridized carbons (Fsp3) is 0.471. The Balaban J connectivity index is 2.30. The summed E-state index contributed by atoms with van der Waals surface area (Å²) in [6.07, 6.45) is 2.19. The molecule has 1 rings (SSSR count). The minimum Gasteiger partial charge on any atom is -0.490 e. The van der Waals surface area contributed by atoms with Crippen LogP contribution in [0.1, 0.15) is 20.3 Å². The fourth-order valence-electron chi connectivity index (χ4n) is 1.67. The van der Waals surface area contributed by atoms with E-state index in [0.717, 1.165) is 5.71 Å². The summed E-state index contributed by atoms with van der Waals surface area (Å²) in [7, 11) is 0. The molecule has 9 heteroatoms. The standard InChI is InChI=1S/C17H21Cl4NO4/c1-12(2)22-26-9-8-23-5-3-6-25-17-14(18)10-13(11-15(17)19)24-7-4-16(20)21/h4,10-11H,3,5-9H2,1-2H3. The smallest absolute Gasteiger partial charge is 0.156 e. The molecule has 0 unspecified atom stereocenters. The Labute approximate surface area is 173 Å². The first-order valence-electron chi connectivity index (χ1n) is 7.87. The number of nitrogens with zero attached hydrogens (tertiary/aromatic N) is 1. The number of hydrogen-bond donors (Lipinski definition) is 0. The first-order valence-corrected chi connectivity index (χ1v) is 9.38. The van der Waals surface area contributed by atoms with Crippen molar-refractivity contribution in [2.24, 2.45) is 5.16 Å². The summed E-state index contributed by atoms with van der Waals surface area (Å²) in [6.45, 7) is 5.75. The van der Waals surface area contributed by atoms with Crippen molar-refractivity contribution in [2.75, 3.05) is 33.0 Å². The fourth-order valence-corrected chi connectivity index (χ4v) is 2.37. The SMILES string of the molecule is CC(C)=NOCCOCCCOc1c(Cl)cc(OCC=C(Cl)Cl)cc1Cl. The zero-order chi connectivity index (χ0) is 19.4. The molecule has 0 aliphatic carbocycles. The van der Waals surface area contributed by atoms with Gasteiger partial charge in [-0.2, -0.15) is 0 Å². The van der Waals surface area contributed by atoms with E-state index in [1.165, 1.54) is 6.08 Å². The molecule has 0 atom stereocenters. The molecule has 0 N–H and O–H groups in total. The predicted octanol–water partition coefficient (Wildman–Crippen LogP) is 5.89. The van der Waals surface area contributed by atoms with Crippen LogP contribution >= 0.6 is 46.4 Å². The van der Waals surface area contributed by atoms with Crippen molar-refractivity contribution in [3.63, 3.8) is 0 Å². The normalized spacial score (nSPS) is 10.2. The molecule has 0 saturated carbocycles. The zero-order valence-electron chi connectivity index (χ0n) is 14.6. The van der Waals surface area contributed by atoms with Gasteiger partial charge in [0.1, 0.15) is 23.5 Å². The Morgan fingerprint density at radius 2 is 1.69 bits per heavy atom. The molecule has 0 radical (unpaired) electrons. The molecule has 0 spiro atoms. The quantitative estimate of drug-likeness (QED) is 0.229. The van der Waals surface area contributed by atoms with Crippen LogP contribution in [0.4, 0.5) is 0 Å². The summed E-state index contributed by atoms with van der Waals surface area (Å²) in [5.74, 6) is 0.897. The van der Waals surface area contributed by atoms with E-state index in [9.17, 15) is 0 Å². The maximum atomic E-state index is 6.18. The highest BCUT2D eigenvalue weighted by Crippen LogP contribution is 2.37. The van der Waals surface area contributed by atoms with E-state index in [-0.39, 0.29) is 11.1 Å². The molecule has 0 aromatic heterocycles. The Kier molecular flexibility index (Phi) is 11.9. The van der Waals surface area contributed by atoms with Crippen molar-refractivity contribution in [3.05, 3.63) is 32.7 Å². The van der Waals surface area contributed by atoms with Crippen LogP contribution < -0.4 is 9.47 Å². The van der Waals surface area contributed by atoms with Gasteiger partial charge >= 0.3 is 0 Å². The van der Waals surface area contributed by atoms with E-state index in [1.807, 2.05) is 13.8 Å². The lowest BCUT2D eigenvalue weighted by Crippen LogP contribution is -2.07. The second-order valence-corrected chi connectivity index (χ2v) is 7.03. The van der Waals surface area contributed by atoms with Gasteiger partial charge in [0.2, 0.25) is 0 Å². The van der Waals surface area contributed by atoms with E-state index in [2.05, 4.69) is 5.16 Å². The van der Waals surface area contributed by atoms with Gasteiger partial charge in [-0.25, -0.2) is 0 Å². The minimum absolute atomic E-state index is 0.129. The highest BCUT2D eigenvalue weighted by atomic mass is 35.5. The first-order chi connectivity index (χ1) is 12.4. The van der Waals surface area contributed by atoms with Gasteiger partial charge in [0.15, 0.2) is 5.75 Å². The third-order valence-electron chi connectivity index (χ3n) is 2.70. The number of oxime groups is 1. The lowest BCUT2D eigenvalue weighted by molar-refractivity contribution is 0.0462. The van der Waals surface area contributed by atoms with E-state index in [4.69, 9.17) is 65.5 Å². The summed E-state index contributed by atoms with van der Waals surface area (Å²) < 4.78 is 16.6. The summed E-state index contributed by atoms with van der Waals surface area (Å²) in [6, 6.07) is 3.23. The lowest BCUT2D eigenvalue weighted by atomic mass is 10.3. The van der Waals surface area contributed by atoms with Gasteiger partial charge < -0.3 is 19.0 Å². The third kappa shape index (κ3) is 10.3. The second kappa shape index (κ2) is 13.3. The Morgan fingerprint density at radius 3 is 2.31 bits per heavy atom. The number of benzene rings is 1. The molecule has 0 aliphatic heterocycles. The Morgan fingerprint density at radius 1 is 1.00 bits per heavy atom. The number of rotatable bonds is 12. The first kappa shape index (κ1) is 23.2. The van der Waals surface area contributed by atoms with Crippen molar-refractivity contribution in [2.45, 2.75) is 20.3 Å². The predicted molar refractivity (Wildman–Crippen MR) is 107 cm³/mol. The Bertz CT molecular complexity index is 592. The molecule has 146 valence electrons. The topological polar surface area (TPSA) is 49.3 Å². The van der Waals surface area contributed by atoms with Gasteiger partial charge in [-0.15, -0.1) is 0 Å². The molecule has 5 nitrogen and oxygen atoms in total.